The Morgan fingerprint density at radius 2 is 2.00 bits per heavy atom. The van der Waals surface area contributed by atoms with Gasteiger partial charge in [-0.3, -0.25) is 4.68 Å². The molecule has 1 aromatic heterocycles. The van der Waals surface area contributed by atoms with Crippen LogP contribution in [-0.4, -0.2) is 16.3 Å². The molecule has 2 rings (SSSR count). The molecule has 0 saturated heterocycles. The summed E-state index contributed by atoms with van der Waals surface area (Å²) >= 11 is 0. The summed E-state index contributed by atoms with van der Waals surface area (Å²) in [5.41, 5.74) is 2.70. The van der Waals surface area contributed by atoms with Gasteiger partial charge in [0.2, 0.25) is 0 Å². The van der Waals surface area contributed by atoms with Gasteiger partial charge < -0.3 is 5.32 Å². The van der Waals surface area contributed by atoms with Gasteiger partial charge in [0.1, 0.15) is 0 Å². The van der Waals surface area contributed by atoms with Crippen molar-refractivity contribution in [3.05, 3.63) is 53.9 Å². The van der Waals surface area contributed by atoms with Crippen molar-refractivity contribution >= 4 is 0 Å². The fourth-order valence-electron chi connectivity index (χ4n) is 2.41. The molecule has 1 heterocycles. The van der Waals surface area contributed by atoms with Crippen molar-refractivity contribution in [1.82, 2.24) is 15.1 Å². The van der Waals surface area contributed by atoms with Gasteiger partial charge in [-0.15, -0.1) is 0 Å². The highest BCUT2D eigenvalue weighted by molar-refractivity contribution is 5.18. The second-order valence-electron chi connectivity index (χ2n) is 5.32. The lowest BCUT2D eigenvalue weighted by molar-refractivity contribution is 0.535. The quantitative estimate of drug-likeness (QED) is 0.744. The third kappa shape index (κ3) is 4.20. The van der Waals surface area contributed by atoms with Crippen LogP contribution in [0.25, 0.3) is 0 Å². The molecule has 1 atom stereocenters. The molecule has 0 aliphatic heterocycles. The van der Waals surface area contributed by atoms with Gasteiger partial charge in [0.15, 0.2) is 0 Å². The van der Waals surface area contributed by atoms with Gasteiger partial charge in [-0.2, -0.15) is 5.10 Å². The van der Waals surface area contributed by atoms with E-state index < -0.39 is 0 Å². The summed E-state index contributed by atoms with van der Waals surface area (Å²) in [5, 5.41) is 7.87. The summed E-state index contributed by atoms with van der Waals surface area (Å²) in [7, 11) is 0. The molecule has 1 aromatic carbocycles. The summed E-state index contributed by atoms with van der Waals surface area (Å²) < 4.78 is 2.09. The molecule has 0 fully saturated rings. The number of hydrogen-bond acceptors (Lipinski definition) is 2. The molecule has 0 bridgehead atoms. The highest BCUT2D eigenvalue weighted by Crippen LogP contribution is 2.17. The summed E-state index contributed by atoms with van der Waals surface area (Å²) in [5.74, 6) is 0.601. The molecular weight excluding hydrogens is 246 g/mol. The van der Waals surface area contributed by atoms with E-state index in [1.807, 2.05) is 6.20 Å². The van der Waals surface area contributed by atoms with E-state index in [1.54, 1.807) is 0 Å². The van der Waals surface area contributed by atoms with Crippen LogP contribution in [0.5, 0.6) is 0 Å². The zero-order chi connectivity index (χ0) is 14.2. The standard InChI is InChI=1S/C17H25N3/c1-3-13-20-17(10-12-19-20)14-18-11-9-15(2)16-7-5-4-6-8-16/h4-8,10,12,15,18H,3,9,11,13-14H2,1-2H3. The van der Waals surface area contributed by atoms with Crippen LogP contribution >= 0.6 is 0 Å². The second kappa shape index (κ2) is 7.85. The first-order valence-corrected chi connectivity index (χ1v) is 7.57. The van der Waals surface area contributed by atoms with Crippen LogP contribution < -0.4 is 5.32 Å². The second-order valence-corrected chi connectivity index (χ2v) is 5.32. The Kier molecular flexibility index (Phi) is 5.81. The van der Waals surface area contributed by atoms with Crippen molar-refractivity contribution in [3.8, 4) is 0 Å². The average molecular weight is 271 g/mol. The largest absolute Gasteiger partial charge is 0.311 e. The first-order chi connectivity index (χ1) is 9.81. The van der Waals surface area contributed by atoms with Gasteiger partial charge in [0.25, 0.3) is 0 Å². The first kappa shape index (κ1) is 14.8. The molecule has 0 amide bonds. The maximum Gasteiger partial charge on any atom is 0.0522 e. The molecule has 0 radical (unpaired) electrons. The van der Waals surface area contributed by atoms with Crippen molar-refractivity contribution in [2.75, 3.05) is 6.54 Å². The Morgan fingerprint density at radius 3 is 2.75 bits per heavy atom. The molecule has 0 spiro atoms. The van der Waals surface area contributed by atoms with E-state index in [0.717, 1.165) is 32.5 Å². The van der Waals surface area contributed by atoms with Crippen molar-refractivity contribution in [2.45, 2.75) is 45.7 Å². The van der Waals surface area contributed by atoms with E-state index in [2.05, 4.69) is 65.3 Å². The SMILES string of the molecule is CCCn1nccc1CNCCC(C)c1ccccc1. The summed E-state index contributed by atoms with van der Waals surface area (Å²) in [6.07, 6.45) is 4.17. The Balaban J connectivity index is 1.72. The normalized spacial score (nSPS) is 12.5. The van der Waals surface area contributed by atoms with Gasteiger partial charge in [-0.1, -0.05) is 44.2 Å². The molecule has 1 unspecified atom stereocenters. The Hall–Kier alpha value is -1.61. The monoisotopic (exact) mass is 271 g/mol. The number of benzene rings is 1. The minimum atomic E-state index is 0.601. The number of rotatable bonds is 8. The van der Waals surface area contributed by atoms with Crippen molar-refractivity contribution in [3.63, 3.8) is 0 Å². The topological polar surface area (TPSA) is 29.9 Å². The fourth-order valence-corrected chi connectivity index (χ4v) is 2.41. The fraction of sp³-hybridized carbons (Fsp3) is 0.471. The van der Waals surface area contributed by atoms with Crippen LogP contribution in [0.3, 0.4) is 0 Å². The lowest BCUT2D eigenvalue weighted by atomic mass is 9.98. The van der Waals surface area contributed by atoms with Crippen molar-refractivity contribution in [1.29, 1.82) is 0 Å². The number of nitrogens with one attached hydrogen (secondary N) is 1. The van der Waals surface area contributed by atoms with E-state index in [0.29, 0.717) is 5.92 Å². The van der Waals surface area contributed by atoms with E-state index in [9.17, 15) is 0 Å². The van der Waals surface area contributed by atoms with Crippen LogP contribution in [0.15, 0.2) is 42.6 Å². The smallest absolute Gasteiger partial charge is 0.0522 e. The molecule has 3 heteroatoms. The van der Waals surface area contributed by atoms with Gasteiger partial charge >= 0.3 is 0 Å². The molecule has 1 N–H and O–H groups in total. The molecule has 3 nitrogen and oxygen atoms in total. The van der Waals surface area contributed by atoms with Crippen molar-refractivity contribution in [2.24, 2.45) is 0 Å². The molecule has 108 valence electrons. The number of nitrogens with zero attached hydrogens (tertiary/aromatic N) is 2. The predicted molar refractivity (Wildman–Crippen MR) is 83.7 cm³/mol. The Bertz CT molecular complexity index is 490. The van der Waals surface area contributed by atoms with Gasteiger partial charge in [0.05, 0.1) is 5.69 Å². The van der Waals surface area contributed by atoms with E-state index in [1.165, 1.54) is 11.3 Å². The molecular formula is C17H25N3. The van der Waals surface area contributed by atoms with E-state index in [4.69, 9.17) is 0 Å². The number of hydrogen-bond donors (Lipinski definition) is 1. The lowest BCUT2D eigenvalue weighted by Crippen LogP contribution is -2.19. The predicted octanol–water partition coefficient (Wildman–Crippen LogP) is 3.58. The summed E-state index contributed by atoms with van der Waals surface area (Å²) in [6.45, 7) is 7.41. The minimum absolute atomic E-state index is 0.601. The number of aryl methyl sites for hydroxylation is 1. The van der Waals surface area contributed by atoms with Crippen LogP contribution in [0.4, 0.5) is 0 Å². The highest BCUT2D eigenvalue weighted by atomic mass is 15.3. The van der Waals surface area contributed by atoms with Crippen LogP contribution in [0.1, 0.15) is 43.9 Å². The van der Waals surface area contributed by atoms with Crippen LogP contribution in [0.2, 0.25) is 0 Å². The van der Waals surface area contributed by atoms with Crippen LogP contribution in [0, 0.1) is 0 Å². The Labute approximate surface area is 122 Å². The lowest BCUT2D eigenvalue weighted by Gasteiger charge is -2.13. The third-order valence-electron chi connectivity index (χ3n) is 3.67. The summed E-state index contributed by atoms with van der Waals surface area (Å²) in [6, 6.07) is 12.8. The van der Waals surface area contributed by atoms with E-state index >= 15 is 0 Å². The maximum absolute atomic E-state index is 4.34. The Morgan fingerprint density at radius 1 is 1.20 bits per heavy atom. The van der Waals surface area contributed by atoms with Gasteiger partial charge in [0, 0.05) is 19.3 Å². The molecule has 0 aliphatic carbocycles. The van der Waals surface area contributed by atoms with Crippen molar-refractivity contribution < 1.29 is 0 Å². The zero-order valence-electron chi connectivity index (χ0n) is 12.5. The molecule has 20 heavy (non-hydrogen) atoms. The molecule has 0 aliphatic rings. The minimum Gasteiger partial charge on any atom is -0.311 e. The van der Waals surface area contributed by atoms with Gasteiger partial charge in [-0.05, 0) is 36.9 Å². The molecule has 2 aromatic rings. The summed E-state index contributed by atoms with van der Waals surface area (Å²) in [4.78, 5) is 0. The average Bonchev–Trinajstić information content (AvgIpc) is 2.92. The third-order valence-corrected chi connectivity index (χ3v) is 3.67. The number of aromatic nitrogens is 2. The van der Waals surface area contributed by atoms with Crippen LogP contribution in [-0.2, 0) is 13.1 Å². The zero-order valence-corrected chi connectivity index (χ0v) is 12.5. The highest BCUT2D eigenvalue weighted by Gasteiger charge is 2.05. The maximum atomic E-state index is 4.34. The van der Waals surface area contributed by atoms with Gasteiger partial charge in [-0.25, -0.2) is 0 Å². The first-order valence-electron chi connectivity index (χ1n) is 7.57. The molecule has 0 saturated carbocycles. The van der Waals surface area contributed by atoms with E-state index in [-0.39, 0.29) is 0 Å².